The van der Waals surface area contributed by atoms with Crippen molar-refractivity contribution < 1.29 is 9.84 Å². The SMILES string of the molecule is OC(c1cc2sccc2s1)C1CCOC2(CCC2)C1. The average Bonchev–Trinajstić information content (AvgIpc) is 2.97. The fourth-order valence-electron chi connectivity index (χ4n) is 3.42. The van der Waals surface area contributed by atoms with E-state index in [1.807, 2.05) is 0 Å². The molecule has 102 valence electrons. The zero-order valence-corrected chi connectivity index (χ0v) is 12.4. The van der Waals surface area contributed by atoms with Crippen molar-refractivity contribution in [3.8, 4) is 0 Å². The molecule has 4 heteroatoms. The van der Waals surface area contributed by atoms with Crippen molar-refractivity contribution in [3.05, 3.63) is 22.4 Å². The maximum Gasteiger partial charge on any atom is 0.0912 e. The van der Waals surface area contributed by atoms with Gasteiger partial charge in [0, 0.05) is 20.9 Å². The fourth-order valence-corrected chi connectivity index (χ4v) is 5.62. The number of aliphatic hydroxyl groups is 1. The number of hydrogen-bond acceptors (Lipinski definition) is 4. The molecule has 2 aliphatic rings. The summed E-state index contributed by atoms with van der Waals surface area (Å²) in [4.78, 5) is 1.14. The largest absolute Gasteiger partial charge is 0.387 e. The Hall–Kier alpha value is -0.420. The van der Waals surface area contributed by atoms with Gasteiger partial charge < -0.3 is 9.84 Å². The van der Waals surface area contributed by atoms with Gasteiger partial charge in [-0.1, -0.05) is 0 Å². The van der Waals surface area contributed by atoms with Crippen molar-refractivity contribution in [2.24, 2.45) is 5.92 Å². The molecule has 1 saturated carbocycles. The zero-order chi connectivity index (χ0) is 12.9. The molecular weight excluding hydrogens is 276 g/mol. The van der Waals surface area contributed by atoms with Crippen molar-refractivity contribution >= 4 is 32.1 Å². The minimum Gasteiger partial charge on any atom is -0.387 e. The second kappa shape index (κ2) is 4.55. The van der Waals surface area contributed by atoms with Crippen molar-refractivity contribution in [2.45, 2.75) is 43.8 Å². The van der Waals surface area contributed by atoms with E-state index in [1.165, 1.54) is 28.7 Å². The molecule has 1 aliphatic heterocycles. The lowest BCUT2D eigenvalue weighted by Crippen LogP contribution is -2.46. The van der Waals surface area contributed by atoms with Crippen molar-refractivity contribution in [3.63, 3.8) is 0 Å². The number of rotatable bonds is 2. The van der Waals surface area contributed by atoms with Crippen LogP contribution < -0.4 is 0 Å². The van der Waals surface area contributed by atoms with Crippen LogP contribution in [0.4, 0.5) is 0 Å². The maximum absolute atomic E-state index is 10.7. The molecule has 2 fully saturated rings. The number of aliphatic hydroxyl groups excluding tert-OH is 1. The third-order valence-electron chi connectivity index (χ3n) is 4.69. The van der Waals surface area contributed by atoms with E-state index in [4.69, 9.17) is 4.74 Å². The van der Waals surface area contributed by atoms with E-state index in [0.717, 1.165) is 24.3 Å². The lowest BCUT2D eigenvalue weighted by atomic mass is 9.71. The Balaban J connectivity index is 1.55. The molecule has 1 aliphatic carbocycles. The maximum atomic E-state index is 10.7. The number of ether oxygens (including phenoxy) is 1. The highest BCUT2D eigenvalue weighted by molar-refractivity contribution is 7.26. The van der Waals surface area contributed by atoms with Gasteiger partial charge in [0.25, 0.3) is 0 Å². The molecule has 2 nitrogen and oxygen atoms in total. The lowest BCUT2D eigenvalue weighted by Gasteiger charge is -2.48. The number of hydrogen-bond donors (Lipinski definition) is 1. The zero-order valence-electron chi connectivity index (χ0n) is 10.8. The monoisotopic (exact) mass is 294 g/mol. The van der Waals surface area contributed by atoms with Crippen LogP contribution in [-0.2, 0) is 4.74 Å². The molecule has 0 bridgehead atoms. The highest BCUT2D eigenvalue weighted by Crippen LogP contribution is 2.48. The number of fused-ring (bicyclic) bond motifs is 1. The lowest BCUT2D eigenvalue weighted by molar-refractivity contribution is -0.157. The van der Waals surface area contributed by atoms with Crippen LogP contribution in [0.3, 0.4) is 0 Å². The van der Waals surface area contributed by atoms with Crippen LogP contribution in [0.2, 0.25) is 0 Å². The molecular formula is C15H18O2S2. The van der Waals surface area contributed by atoms with Gasteiger partial charge in [-0.25, -0.2) is 0 Å². The molecule has 1 saturated heterocycles. The molecule has 2 unspecified atom stereocenters. The molecule has 2 aromatic heterocycles. The van der Waals surface area contributed by atoms with Gasteiger partial charge in [0.15, 0.2) is 0 Å². The summed E-state index contributed by atoms with van der Waals surface area (Å²) in [5.41, 5.74) is 0.124. The second-order valence-corrected chi connectivity index (χ2v) is 7.94. The predicted molar refractivity (Wildman–Crippen MR) is 79.9 cm³/mol. The van der Waals surface area contributed by atoms with Gasteiger partial charge in [0.05, 0.1) is 11.7 Å². The van der Waals surface area contributed by atoms with Crippen LogP contribution in [0.25, 0.3) is 9.40 Å². The fraction of sp³-hybridized carbons (Fsp3) is 0.600. The molecule has 0 radical (unpaired) electrons. The van der Waals surface area contributed by atoms with Crippen LogP contribution in [0.1, 0.15) is 43.1 Å². The van der Waals surface area contributed by atoms with Crippen molar-refractivity contribution in [1.29, 1.82) is 0 Å². The minimum absolute atomic E-state index is 0.124. The smallest absolute Gasteiger partial charge is 0.0912 e. The molecule has 1 spiro atoms. The Morgan fingerprint density at radius 1 is 1.37 bits per heavy atom. The van der Waals surface area contributed by atoms with E-state index >= 15 is 0 Å². The molecule has 4 rings (SSSR count). The number of thiophene rings is 2. The van der Waals surface area contributed by atoms with E-state index in [0.29, 0.717) is 5.92 Å². The van der Waals surface area contributed by atoms with E-state index < -0.39 is 0 Å². The van der Waals surface area contributed by atoms with Gasteiger partial charge in [-0.2, -0.15) is 0 Å². The predicted octanol–water partition coefficient (Wildman–Crippen LogP) is 4.35. The summed E-state index contributed by atoms with van der Waals surface area (Å²) < 4.78 is 8.58. The Morgan fingerprint density at radius 3 is 3.00 bits per heavy atom. The first kappa shape index (κ1) is 12.3. The highest BCUT2D eigenvalue weighted by atomic mass is 32.1. The van der Waals surface area contributed by atoms with E-state index in [-0.39, 0.29) is 11.7 Å². The Morgan fingerprint density at radius 2 is 2.26 bits per heavy atom. The molecule has 0 amide bonds. The first-order valence-electron chi connectivity index (χ1n) is 7.05. The quantitative estimate of drug-likeness (QED) is 0.892. The molecule has 19 heavy (non-hydrogen) atoms. The summed E-state index contributed by atoms with van der Waals surface area (Å²) in [6, 6.07) is 4.33. The van der Waals surface area contributed by atoms with Gasteiger partial charge in [0.2, 0.25) is 0 Å². The minimum atomic E-state index is -0.300. The van der Waals surface area contributed by atoms with Crippen molar-refractivity contribution in [2.75, 3.05) is 6.61 Å². The summed E-state index contributed by atoms with van der Waals surface area (Å²) in [6.07, 6.45) is 5.41. The summed E-state index contributed by atoms with van der Waals surface area (Å²) in [5, 5.41) is 12.8. The molecule has 3 heterocycles. The third kappa shape index (κ3) is 2.05. The van der Waals surface area contributed by atoms with Crippen LogP contribution in [0.5, 0.6) is 0 Å². The van der Waals surface area contributed by atoms with Crippen LogP contribution in [-0.4, -0.2) is 17.3 Å². The van der Waals surface area contributed by atoms with E-state index in [2.05, 4.69) is 17.5 Å². The first-order chi connectivity index (χ1) is 9.26. The highest BCUT2D eigenvalue weighted by Gasteiger charge is 2.44. The van der Waals surface area contributed by atoms with Gasteiger partial charge in [-0.05, 0) is 55.5 Å². The van der Waals surface area contributed by atoms with E-state index in [9.17, 15) is 5.11 Å². The van der Waals surface area contributed by atoms with Gasteiger partial charge in [0.1, 0.15) is 0 Å². The molecule has 1 N–H and O–H groups in total. The van der Waals surface area contributed by atoms with Crippen molar-refractivity contribution in [1.82, 2.24) is 0 Å². The van der Waals surface area contributed by atoms with Gasteiger partial charge in [-0.15, -0.1) is 22.7 Å². The van der Waals surface area contributed by atoms with Gasteiger partial charge >= 0.3 is 0 Å². The molecule has 2 atom stereocenters. The summed E-state index contributed by atoms with van der Waals surface area (Å²) in [7, 11) is 0. The van der Waals surface area contributed by atoms with E-state index in [1.54, 1.807) is 22.7 Å². The normalized spacial score (nSPS) is 27.5. The first-order valence-corrected chi connectivity index (χ1v) is 8.74. The van der Waals surface area contributed by atoms with Crippen LogP contribution in [0.15, 0.2) is 17.5 Å². The van der Waals surface area contributed by atoms with Gasteiger partial charge in [-0.3, -0.25) is 0 Å². The van der Waals surface area contributed by atoms with Crippen LogP contribution >= 0.6 is 22.7 Å². The Kier molecular flexibility index (Phi) is 2.95. The third-order valence-corrected chi connectivity index (χ3v) is 6.86. The van der Waals surface area contributed by atoms with Crippen LogP contribution in [0, 0.1) is 5.92 Å². The topological polar surface area (TPSA) is 29.5 Å². The standard InChI is InChI=1S/C15H18O2S2/c16-14(13-8-12-11(19-13)3-7-18-12)10-2-6-17-15(9-10)4-1-5-15/h3,7-8,10,14,16H,1-2,4-6,9H2. The average molecular weight is 294 g/mol. The summed E-state index contributed by atoms with van der Waals surface area (Å²) in [6.45, 7) is 0.821. The Labute approximate surface area is 121 Å². The Bertz CT molecular complexity index is 553. The summed E-state index contributed by atoms with van der Waals surface area (Å²) >= 11 is 3.51. The molecule has 2 aromatic rings. The second-order valence-electron chi connectivity index (χ2n) is 5.88. The summed E-state index contributed by atoms with van der Waals surface area (Å²) in [5.74, 6) is 0.377. The molecule has 0 aromatic carbocycles.